The first-order chi connectivity index (χ1) is 7.67. The van der Waals surface area contributed by atoms with Gasteiger partial charge in [-0.1, -0.05) is 29.3 Å². The van der Waals surface area contributed by atoms with Gasteiger partial charge in [0.15, 0.2) is 0 Å². The minimum Gasteiger partial charge on any atom is -0.325 e. The van der Waals surface area contributed by atoms with Gasteiger partial charge in [-0.15, -0.1) is 0 Å². The van der Waals surface area contributed by atoms with Crippen molar-refractivity contribution in [1.29, 1.82) is 5.26 Å². The van der Waals surface area contributed by atoms with Crippen LogP contribution in [-0.4, -0.2) is 5.91 Å². The van der Waals surface area contributed by atoms with E-state index >= 15 is 0 Å². The number of carbonyl (C=O) groups excluding carboxylic acids is 1. The molecule has 1 unspecified atom stereocenters. The molecule has 4 heteroatoms. The lowest BCUT2D eigenvalue weighted by molar-refractivity contribution is -0.118. The largest absolute Gasteiger partial charge is 0.325 e. The van der Waals surface area contributed by atoms with Crippen LogP contribution in [0.5, 0.6) is 0 Å². The number of nitrogens with zero attached hydrogens (tertiary/aromatic N) is 1. The molecule has 0 heterocycles. The Labute approximate surface area is 104 Å². The number of nitrogens with one attached hydrogen (secondary N) is 1. The summed E-state index contributed by atoms with van der Waals surface area (Å²) in [6, 6.07) is 9.29. The highest BCUT2D eigenvalue weighted by molar-refractivity contribution is 9.10. The fourth-order valence-corrected chi connectivity index (χ4v) is 1.57. The highest BCUT2D eigenvalue weighted by atomic mass is 79.9. The highest BCUT2D eigenvalue weighted by Gasteiger charge is 2.16. The predicted octanol–water partition coefficient (Wildman–Crippen LogP) is 3.33. The molecule has 1 rings (SSSR count). The molecule has 0 aliphatic carbocycles. The summed E-state index contributed by atoms with van der Waals surface area (Å²) in [6.07, 6.45) is 1.42. The third-order valence-corrected chi connectivity index (χ3v) is 2.69. The SMILES string of the molecule is CCCC(C#N)C(=O)Nc1ccc(Br)cc1. The van der Waals surface area contributed by atoms with E-state index in [4.69, 9.17) is 5.26 Å². The Hall–Kier alpha value is -1.34. The minimum atomic E-state index is -0.561. The molecule has 0 saturated heterocycles. The predicted molar refractivity (Wildman–Crippen MR) is 66.8 cm³/mol. The number of amides is 1. The Morgan fingerprint density at radius 3 is 2.62 bits per heavy atom. The van der Waals surface area contributed by atoms with E-state index in [0.717, 1.165) is 10.9 Å². The summed E-state index contributed by atoms with van der Waals surface area (Å²) in [4.78, 5) is 11.7. The van der Waals surface area contributed by atoms with Crippen LogP contribution in [0.15, 0.2) is 28.7 Å². The summed E-state index contributed by atoms with van der Waals surface area (Å²) in [5, 5.41) is 11.6. The van der Waals surface area contributed by atoms with Crippen LogP contribution < -0.4 is 5.32 Å². The Balaban J connectivity index is 2.63. The number of rotatable bonds is 4. The second-order valence-electron chi connectivity index (χ2n) is 3.47. The van der Waals surface area contributed by atoms with Crippen molar-refractivity contribution in [2.75, 3.05) is 5.32 Å². The van der Waals surface area contributed by atoms with Gasteiger partial charge >= 0.3 is 0 Å². The van der Waals surface area contributed by atoms with Crippen molar-refractivity contribution in [3.05, 3.63) is 28.7 Å². The zero-order chi connectivity index (χ0) is 12.0. The van der Waals surface area contributed by atoms with Gasteiger partial charge in [0.05, 0.1) is 6.07 Å². The van der Waals surface area contributed by atoms with E-state index in [9.17, 15) is 4.79 Å². The van der Waals surface area contributed by atoms with Crippen LogP contribution in [0, 0.1) is 17.2 Å². The zero-order valence-electron chi connectivity index (χ0n) is 9.03. The van der Waals surface area contributed by atoms with E-state index in [-0.39, 0.29) is 5.91 Å². The van der Waals surface area contributed by atoms with Gasteiger partial charge in [-0.05, 0) is 30.7 Å². The van der Waals surface area contributed by atoms with Crippen LogP contribution in [0.1, 0.15) is 19.8 Å². The van der Waals surface area contributed by atoms with Crippen LogP contribution >= 0.6 is 15.9 Å². The normalized spacial score (nSPS) is 11.6. The van der Waals surface area contributed by atoms with Crippen molar-refractivity contribution in [1.82, 2.24) is 0 Å². The first-order valence-electron chi connectivity index (χ1n) is 5.13. The van der Waals surface area contributed by atoms with Crippen molar-refractivity contribution < 1.29 is 4.79 Å². The molecule has 16 heavy (non-hydrogen) atoms. The first kappa shape index (κ1) is 12.7. The van der Waals surface area contributed by atoms with Crippen LogP contribution in [-0.2, 0) is 4.79 Å². The maximum absolute atomic E-state index is 11.7. The van der Waals surface area contributed by atoms with Gasteiger partial charge in [-0.2, -0.15) is 5.26 Å². The molecule has 1 atom stereocenters. The van der Waals surface area contributed by atoms with E-state index in [0.29, 0.717) is 12.1 Å². The summed E-state index contributed by atoms with van der Waals surface area (Å²) >= 11 is 3.31. The fourth-order valence-electron chi connectivity index (χ4n) is 1.31. The molecule has 0 radical (unpaired) electrons. The summed E-state index contributed by atoms with van der Waals surface area (Å²) in [6.45, 7) is 1.96. The molecule has 1 amide bonds. The molecule has 1 aromatic rings. The Bertz CT molecular complexity index is 394. The van der Waals surface area contributed by atoms with Crippen LogP contribution in [0.4, 0.5) is 5.69 Å². The molecule has 84 valence electrons. The van der Waals surface area contributed by atoms with Crippen molar-refractivity contribution in [3.63, 3.8) is 0 Å². The van der Waals surface area contributed by atoms with E-state index in [1.54, 1.807) is 12.1 Å². The smallest absolute Gasteiger partial charge is 0.241 e. The van der Waals surface area contributed by atoms with Crippen molar-refractivity contribution in [2.24, 2.45) is 5.92 Å². The molecular formula is C12H13BrN2O. The van der Waals surface area contributed by atoms with Crippen LogP contribution in [0.3, 0.4) is 0 Å². The number of anilines is 1. The van der Waals surface area contributed by atoms with E-state index < -0.39 is 5.92 Å². The topological polar surface area (TPSA) is 52.9 Å². The number of benzene rings is 1. The number of nitriles is 1. The van der Waals surface area contributed by atoms with Crippen LogP contribution in [0.25, 0.3) is 0 Å². The van der Waals surface area contributed by atoms with Crippen molar-refractivity contribution >= 4 is 27.5 Å². The van der Waals surface area contributed by atoms with Gasteiger partial charge in [0.1, 0.15) is 5.92 Å². The third-order valence-electron chi connectivity index (χ3n) is 2.16. The second-order valence-corrected chi connectivity index (χ2v) is 4.38. The molecule has 0 aliphatic heterocycles. The summed E-state index contributed by atoms with van der Waals surface area (Å²) < 4.78 is 0.955. The highest BCUT2D eigenvalue weighted by Crippen LogP contribution is 2.15. The molecule has 0 fully saturated rings. The number of halogens is 1. The summed E-state index contributed by atoms with van der Waals surface area (Å²) in [5.41, 5.74) is 0.713. The Morgan fingerprint density at radius 1 is 1.50 bits per heavy atom. The van der Waals surface area contributed by atoms with Gasteiger partial charge in [-0.3, -0.25) is 4.79 Å². The monoisotopic (exact) mass is 280 g/mol. The van der Waals surface area contributed by atoms with E-state index in [1.807, 2.05) is 25.1 Å². The number of hydrogen-bond acceptors (Lipinski definition) is 2. The fraction of sp³-hybridized carbons (Fsp3) is 0.333. The average molecular weight is 281 g/mol. The lowest BCUT2D eigenvalue weighted by Crippen LogP contribution is -2.21. The van der Waals surface area contributed by atoms with Gasteiger partial charge < -0.3 is 5.32 Å². The first-order valence-corrected chi connectivity index (χ1v) is 5.92. The Morgan fingerprint density at radius 2 is 2.12 bits per heavy atom. The quantitative estimate of drug-likeness (QED) is 0.920. The number of hydrogen-bond donors (Lipinski definition) is 1. The van der Waals surface area contributed by atoms with Crippen molar-refractivity contribution in [2.45, 2.75) is 19.8 Å². The molecule has 0 bridgehead atoms. The second kappa shape index (κ2) is 6.29. The summed E-state index contributed by atoms with van der Waals surface area (Å²) in [5.74, 6) is -0.791. The molecule has 1 N–H and O–H groups in total. The van der Waals surface area contributed by atoms with Gasteiger partial charge in [0, 0.05) is 10.2 Å². The van der Waals surface area contributed by atoms with Gasteiger partial charge in [-0.25, -0.2) is 0 Å². The molecule has 1 aromatic carbocycles. The molecule has 0 spiro atoms. The average Bonchev–Trinajstić information content (AvgIpc) is 2.29. The molecular weight excluding hydrogens is 268 g/mol. The zero-order valence-corrected chi connectivity index (χ0v) is 10.6. The van der Waals surface area contributed by atoms with E-state index in [2.05, 4.69) is 21.2 Å². The van der Waals surface area contributed by atoms with Crippen molar-refractivity contribution in [3.8, 4) is 6.07 Å². The van der Waals surface area contributed by atoms with Crippen LogP contribution in [0.2, 0.25) is 0 Å². The molecule has 3 nitrogen and oxygen atoms in total. The van der Waals surface area contributed by atoms with Gasteiger partial charge in [0.25, 0.3) is 0 Å². The molecule has 0 aromatic heterocycles. The molecule has 0 saturated carbocycles. The maximum atomic E-state index is 11.7. The minimum absolute atomic E-state index is 0.230. The van der Waals surface area contributed by atoms with E-state index in [1.165, 1.54) is 0 Å². The lowest BCUT2D eigenvalue weighted by atomic mass is 10.0. The van der Waals surface area contributed by atoms with Gasteiger partial charge in [0.2, 0.25) is 5.91 Å². The summed E-state index contributed by atoms with van der Waals surface area (Å²) in [7, 11) is 0. The molecule has 0 aliphatic rings. The Kier molecular flexibility index (Phi) is 5.00. The lowest BCUT2D eigenvalue weighted by Gasteiger charge is -2.09. The number of carbonyl (C=O) groups is 1. The maximum Gasteiger partial charge on any atom is 0.241 e. The standard InChI is InChI=1S/C12H13BrN2O/c1-2-3-9(8-14)12(16)15-11-6-4-10(13)5-7-11/h4-7,9H,2-3H2,1H3,(H,15,16). The third kappa shape index (κ3) is 3.67.